The summed E-state index contributed by atoms with van der Waals surface area (Å²) in [7, 11) is 0. The minimum Gasteiger partial charge on any atom is -0.491 e. The molecule has 0 aliphatic carbocycles. The van der Waals surface area contributed by atoms with Gasteiger partial charge < -0.3 is 9.47 Å². The molecule has 4 nitrogen and oxygen atoms in total. The second kappa shape index (κ2) is 16.0. The molecule has 2 rings (SSSR count). The Kier molecular flexibility index (Phi) is 13.0. The smallest absolute Gasteiger partial charge is 0.343 e. The van der Waals surface area contributed by atoms with Crippen LogP contribution in [0.3, 0.4) is 0 Å². The number of halogens is 1. The Hall–Kier alpha value is -2.69. The number of carbonyl (C=O) groups excluding carboxylic acids is 2. The Morgan fingerprint density at radius 3 is 1.97 bits per heavy atom. The molecule has 34 heavy (non-hydrogen) atoms. The van der Waals surface area contributed by atoms with Crippen LogP contribution >= 0.6 is 0 Å². The number of carbonyl (C=O) groups is 2. The molecular formula is C29H39FO4. The van der Waals surface area contributed by atoms with Crippen LogP contribution in [0.15, 0.2) is 42.5 Å². The molecule has 186 valence electrons. The second-order valence-electron chi connectivity index (χ2n) is 8.76. The minimum atomic E-state index is -0.657. The van der Waals surface area contributed by atoms with E-state index in [4.69, 9.17) is 9.47 Å². The van der Waals surface area contributed by atoms with Crippen molar-refractivity contribution in [2.75, 3.05) is 6.61 Å². The SMILES string of the molecule is CCCCCCCCCCOc1ccc(C(=O)Oc2ccc(C(=O)CCCCC)cc2)cc1F. The number of rotatable bonds is 17. The average molecular weight is 471 g/mol. The maximum Gasteiger partial charge on any atom is 0.343 e. The molecule has 0 N–H and O–H groups in total. The van der Waals surface area contributed by atoms with Gasteiger partial charge >= 0.3 is 5.97 Å². The summed E-state index contributed by atoms with van der Waals surface area (Å²) in [6, 6.07) is 10.6. The number of esters is 1. The Morgan fingerprint density at radius 1 is 0.735 bits per heavy atom. The van der Waals surface area contributed by atoms with Crippen LogP contribution in [0, 0.1) is 5.82 Å². The Labute approximate surface area is 203 Å². The Bertz CT molecular complexity index is 876. The highest BCUT2D eigenvalue weighted by molar-refractivity contribution is 5.96. The lowest BCUT2D eigenvalue weighted by Crippen LogP contribution is -2.09. The summed E-state index contributed by atoms with van der Waals surface area (Å²) in [5, 5.41) is 0. The molecule has 0 aliphatic heterocycles. The summed E-state index contributed by atoms with van der Waals surface area (Å²) in [5.74, 6) is -0.704. The van der Waals surface area contributed by atoms with Gasteiger partial charge in [-0.25, -0.2) is 9.18 Å². The molecule has 0 fully saturated rings. The van der Waals surface area contributed by atoms with E-state index in [-0.39, 0.29) is 17.1 Å². The first-order chi connectivity index (χ1) is 16.5. The van der Waals surface area contributed by atoms with Gasteiger partial charge in [0.15, 0.2) is 17.3 Å². The molecule has 0 bridgehead atoms. The van der Waals surface area contributed by atoms with Crippen LogP contribution in [0.1, 0.15) is 112 Å². The van der Waals surface area contributed by atoms with E-state index in [1.807, 2.05) is 0 Å². The van der Waals surface area contributed by atoms with E-state index < -0.39 is 11.8 Å². The summed E-state index contributed by atoms with van der Waals surface area (Å²) >= 11 is 0. The highest BCUT2D eigenvalue weighted by Crippen LogP contribution is 2.21. The zero-order chi connectivity index (χ0) is 24.6. The van der Waals surface area contributed by atoms with Crippen LogP contribution in [0.5, 0.6) is 11.5 Å². The minimum absolute atomic E-state index is 0.0796. The number of Topliss-reactive ketones (excluding diaryl/α,β-unsaturated/α-hetero) is 1. The van der Waals surface area contributed by atoms with Crippen molar-refractivity contribution in [1.82, 2.24) is 0 Å². The molecule has 0 spiro atoms. The third kappa shape index (κ3) is 10.1. The topological polar surface area (TPSA) is 52.6 Å². The summed E-state index contributed by atoms with van der Waals surface area (Å²) < 4.78 is 25.3. The standard InChI is InChI=1S/C29H39FO4/c1-3-5-7-8-9-10-11-13-21-33-28-20-17-24(22-26(28)30)29(32)34-25-18-15-23(16-19-25)27(31)14-12-6-4-2/h15-20,22H,3-14,21H2,1-2H3. The molecular weight excluding hydrogens is 431 g/mol. The zero-order valence-corrected chi connectivity index (χ0v) is 20.7. The van der Waals surface area contributed by atoms with E-state index in [0.29, 0.717) is 24.3 Å². The van der Waals surface area contributed by atoms with Crippen LogP contribution in [0.4, 0.5) is 4.39 Å². The fourth-order valence-electron chi connectivity index (χ4n) is 3.72. The molecule has 0 radical (unpaired) electrons. The Balaban J connectivity index is 1.76. The van der Waals surface area contributed by atoms with Crippen LogP contribution < -0.4 is 9.47 Å². The van der Waals surface area contributed by atoms with Gasteiger partial charge in [-0.15, -0.1) is 0 Å². The van der Waals surface area contributed by atoms with Gasteiger partial charge in [0, 0.05) is 12.0 Å². The molecule has 0 atom stereocenters. The van der Waals surface area contributed by atoms with E-state index in [9.17, 15) is 14.0 Å². The molecule has 2 aromatic rings. The van der Waals surface area contributed by atoms with Gasteiger partial charge in [0.1, 0.15) is 5.75 Å². The van der Waals surface area contributed by atoms with Crippen LogP contribution in [-0.4, -0.2) is 18.4 Å². The first-order valence-corrected chi connectivity index (χ1v) is 12.8. The van der Waals surface area contributed by atoms with Crippen molar-refractivity contribution in [1.29, 1.82) is 0 Å². The fraction of sp³-hybridized carbons (Fsp3) is 0.517. The van der Waals surface area contributed by atoms with Crippen molar-refractivity contribution in [2.24, 2.45) is 0 Å². The number of hydrogen-bond acceptors (Lipinski definition) is 4. The number of ketones is 1. The summed E-state index contributed by atoms with van der Waals surface area (Å²) in [6.45, 7) is 4.77. The summed E-state index contributed by atoms with van der Waals surface area (Å²) in [4.78, 5) is 24.6. The van der Waals surface area contributed by atoms with E-state index >= 15 is 0 Å². The molecule has 0 heterocycles. The molecule has 0 amide bonds. The van der Waals surface area contributed by atoms with Gasteiger partial charge in [0.2, 0.25) is 0 Å². The largest absolute Gasteiger partial charge is 0.491 e. The predicted molar refractivity (Wildman–Crippen MR) is 134 cm³/mol. The van der Waals surface area contributed by atoms with Gasteiger partial charge in [-0.1, -0.05) is 71.6 Å². The summed E-state index contributed by atoms with van der Waals surface area (Å²) in [5.41, 5.74) is 0.705. The van der Waals surface area contributed by atoms with Crippen molar-refractivity contribution in [3.05, 3.63) is 59.4 Å². The predicted octanol–water partition coefficient (Wildman–Crippen LogP) is 8.33. The van der Waals surface area contributed by atoms with Gasteiger partial charge in [0.05, 0.1) is 12.2 Å². The Morgan fingerprint density at radius 2 is 1.32 bits per heavy atom. The van der Waals surface area contributed by atoms with Crippen molar-refractivity contribution < 1.29 is 23.5 Å². The highest BCUT2D eigenvalue weighted by Gasteiger charge is 2.13. The van der Waals surface area contributed by atoms with Crippen molar-refractivity contribution in [2.45, 2.75) is 90.9 Å². The first kappa shape index (κ1) is 27.6. The zero-order valence-electron chi connectivity index (χ0n) is 20.7. The fourth-order valence-corrected chi connectivity index (χ4v) is 3.72. The van der Waals surface area contributed by atoms with Gasteiger partial charge in [-0.3, -0.25) is 4.79 Å². The maximum absolute atomic E-state index is 14.4. The van der Waals surface area contributed by atoms with Gasteiger partial charge in [-0.05, 0) is 55.3 Å². The van der Waals surface area contributed by atoms with E-state index in [1.165, 1.54) is 50.7 Å². The van der Waals surface area contributed by atoms with Crippen LogP contribution in [0.25, 0.3) is 0 Å². The number of unbranched alkanes of at least 4 members (excludes halogenated alkanes) is 9. The number of benzene rings is 2. The van der Waals surface area contributed by atoms with Gasteiger partial charge in [-0.2, -0.15) is 0 Å². The van der Waals surface area contributed by atoms with Crippen molar-refractivity contribution >= 4 is 11.8 Å². The third-order valence-corrected chi connectivity index (χ3v) is 5.82. The molecule has 0 aromatic heterocycles. The molecule has 0 unspecified atom stereocenters. The van der Waals surface area contributed by atoms with Gasteiger partial charge in [0.25, 0.3) is 0 Å². The normalized spacial score (nSPS) is 10.8. The van der Waals surface area contributed by atoms with E-state index in [2.05, 4.69) is 13.8 Å². The lowest BCUT2D eigenvalue weighted by atomic mass is 10.0. The number of ether oxygens (including phenoxy) is 2. The van der Waals surface area contributed by atoms with Crippen molar-refractivity contribution in [3.63, 3.8) is 0 Å². The lowest BCUT2D eigenvalue weighted by Gasteiger charge is -2.09. The van der Waals surface area contributed by atoms with E-state index in [0.717, 1.165) is 38.2 Å². The lowest BCUT2D eigenvalue weighted by molar-refractivity contribution is 0.0734. The molecule has 0 aliphatic rings. The third-order valence-electron chi connectivity index (χ3n) is 5.82. The second-order valence-corrected chi connectivity index (χ2v) is 8.76. The molecule has 2 aromatic carbocycles. The average Bonchev–Trinajstić information content (AvgIpc) is 2.84. The van der Waals surface area contributed by atoms with E-state index in [1.54, 1.807) is 24.3 Å². The van der Waals surface area contributed by atoms with Crippen LogP contribution in [0.2, 0.25) is 0 Å². The molecule has 5 heteroatoms. The number of hydrogen-bond donors (Lipinski definition) is 0. The van der Waals surface area contributed by atoms with Crippen LogP contribution in [-0.2, 0) is 0 Å². The maximum atomic E-state index is 14.4. The quantitative estimate of drug-likeness (QED) is 0.101. The monoisotopic (exact) mass is 470 g/mol. The highest BCUT2D eigenvalue weighted by atomic mass is 19.1. The first-order valence-electron chi connectivity index (χ1n) is 12.8. The molecule has 0 saturated heterocycles. The summed E-state index contributed by atoms with van der Waals surface area (Å²) in [6.07, 6.45) is 13.0. The molecule has 0 saturated carbocycles. The van der Waals surface area contributed by atoms with Crippen molar-refractivity contribution in [3.8, 4) is 11.5 Å².